The van der Waals surface area contributed by atoms with Crippen molar-refractivity contribution in [3.63, 3.8) is 0 Å². The van der Waals surface area contributed by atoms with E-state index in [1.165, 1.54) is 0 Å². The van der Waals surface area contributed by atoms with Crippen molar-refractivity contribution in [1.29, 1.82) is 5.26 Å². The first kappa shape index (κ1) is 18.2. The zero-order chi connectivity index (χ0) is 18.9. The number of ether oxygens (including phenoxy) is 1. The van der Waals surface area contributed by atoms with Crippen molar-refractivity contribution in [3.05, 3.63) is 35.4 Å². The second kappa shape index (κ2) is 6.99. The normalized spacial score (nSPS) is 24.7. The Labute approximate surface area is 154 Å². The van der Waals surface area contributed by atoms with Gasteiger partial charge in [-0.05, 0) is 64.7 Å². The summed E-state index contributed by atoms with van der Waals surface area (Å²) in [6, 6.07) is 9.18. The molecule has 1 aromatic carbocycles. The average Bonchev–Trinajstić information content (AvgIpc) is 2.83. The van der Waals surface area contributed by atoms with Crippen molar-refractivity contribution >= 4 is 12.0 Å². The fourth-order valence-corrected chi connectivity index (χ4v) is 3.97. The summed E-state index contributed by atoms with van der Waals surface area (Å²) in [4.78, 5) is 26.9. The van der Waals surface area contributed by atoms with E-state index >= 15 is 0 Å². The average molecular weight is 355 g/mol. The molecule has 138 valence electrons. The molecule has 1 aromatic rings. The van der Waals surface area contributed by atoms with Gasteiger partial charge in [-0.3, -0.25) is 4.79 Å². The van der Waals surface area contributed by atoms with E-state index < -0.39 is 11.7 Å². The van der Waals surface area contributed by atoms with E-state index in [2.05, 4.69) is 11.4 Å². The molecule has 2 heterocycles. The maximum Gasteiger partial charge on any atom is 0.407 e. The highest BCUT2D eigenvalue weighted by atomic mass is 16.6. The molecule has 2 aliphatic rings. The van der Waals surface area contributed by atoms with Crippen LogP contribution in [0.15, 0.2) is 24.3 Å². The number of piperidine rings is 1. The van der Waals surface area contributed by atoms with Gasteiger partial charge in [-0.25, -0.2) is 4.79 Å². The number of carbonyl (C=O) groups is 2. The Bertz CT molecular complexity index is 733. The summed E-state index contributed by atoms with van der Waals surface area (Å²) in [5.74, 6) is -0.0229. The third kappa shape index (κ3) is 3.98. The molecule has 2 fully saturated rings. The van der Waals surface area contributed by atoms with Crippen molar-refractivity contribution in [2.45, 2.75) is 70.2 Å². The van der Waals surface area contributed by atoms with E-state index in [4.69, 9.17) is 10.00 Å². The van der Waals surface area contributed by atoms with Crippen LogP contribution in [0.3, 0.4) is 0 Å². The Morgan fingerprint density at radius 3 is 2.46 bits per heavy atom. The van der Waals surface area contributed by atoms with Gasteiger partial charge < -0.3 is 15.0 Å². The smallest absolute Gasteiger partial charge is 0.407 e. The predicted octanol–water partition coefficient (Wildman–Crippen LogP) is 3.22. The van der Waals surface area contributed by atoms with Crippen LogP contribution in [0.1, 0.15) is 62.4 Å². The number of carbonyl (C=O) groups excluding carboxylic acids is 2. The van der Waals surface area contributed by atoms with E-state index in [-0.39, 0.29) is 24.0 Å². The molecule has 3 rings (SSSR count). The van der Waals surface area contributed by atoms with Gasteiger partial charge in [0.1, 0.15) is 5.60 Å². The van der Waals surface area contributed by atoms with Gasteiger partial charge in [-0.15, -0.1) is 0 Å². The first-order valence-electron chi connectivity index (χ1n) is 9.09. The van der Waals surface area contributed by atoms with Gasteiger partial charge >= 0.3 is 6.09 Å². The molecule has 2 saturated heterocycles. The summed E-state index contributed by atoms with van der Waals surface area (Å²) in [6.07, 6.45) is 2.96. The molecule has 0 spiro atoms. The maximum atomic E-state index is 12.9. The lowest BCUT2D eigenvalue weighted by molar-refractivity contribution is 0.0418. The van der Waals surface area contributed by atoms with Crippen LogP contribution < -0.4 is 5.32 Å². The standard InChI is InChI=1S/C20H25N3O3/c1-20(2,3)26-19(25)22-15-10-16-7-8-17(11-15)23(16)18(24)14-6-4-5-13(9-14)12-21/h4-6,9,15-17H,7-8,10-11H2,1-3H3,(H,22,25)/t15-,16+,17-. The van der Waals surface area contributed by atoms with Gasteiger partial charge in [0, 0.05) is 23.7 Å². The van der Waals surface area contributed by atoms with Gasteiger partial charge in [0.05, 0.1) is 11.6 Å². The van der Waals surface area contributed by atoms with Crippen molar-refractivity contribution in [2.75, 3.05) is 0 Å². The molecule has 0 radical (unpaired) electrons. The van der Waals surface area contributed by atoms with Gasteiger partial charge in [0.25, 0.3) is 5.91 Å². The second-order valence-electron chi connectivity index (χ2n) is 8.10. The molecule has 0 aromatic heterocycles. The fraction of sp³-hybridized carbons (Fsp3) is 0.550. The Hall–Kier alpha value is -2.55. The number of alkyl carbamates (subject to hydrolysis) is 1. The highest BCUT2D eigenvalue weighted by molar-refractivity contribution is 5.95. The topological polar surface area (TPSA) is 82.4 Å². The maximum absolute atomic E-state index is 12.9. The van der Waals surface area contributed by atoms with E-state index in [0.29, 0.717) is 11.1 Å². The van der Waals surface area contributed by atoms with Gasteiger partial charge in [0.2, 0.25) is 0 Å². The predicted molar refractivity (Wildman–Crippen MR) is 96.5 cm³/mol. The summed E-state index contributed by atoms with van der Waals surface area (Å²) in [6.45, 7) is 5.52. The number of hydrogen-bond donors (Lipinski definition) is 1. The monoisotopic (exact) mass is 355 g/mol. The molecule has 0 aliphatic carbocycles. The molecule has 3 atom stereocenters. The van der Waals surface area contributed by atoms with Gasteiger partial charge in [0.15, 0.2) is 0 Å². The summed E-state index contributed by atoms with van der Waals surface area (Å²) in [7, 11) is 0. The quantitative estimate of drug-likeness (QED) is 0.883. The lowest BCUT2D eigenvalue weighted by Gasteiger charge is -2.39. The summed E-state index contributed by atoms with van der Waals surface area (Å²) in [5, 5.41) is 12.0. The summed E-state index contributed by atoms with van der Waals surface area (Å²) in [5.41, 5.74) is 0.523. The molecular weight excluding hydrogens is 330 g/mol. The van der Waals surface area contributed by atoms with Crippen LogP contribution in [0.2, 0.25) is 0 Å². The minimum atomic E-state index is -0.522. The van der Waals surface area contributed by atoms with Crippen LogP contribution in [0, 0.1) is 11.3 Å². The van der Waals surface area contributed by atoms with Crippen molar-refractivity contribution < 1.29 is 14.3 Å². The van der Waals surface area contributed by atoms with Crippen molar-refractivity contribution in [2.24, 2.45) is 0 Å². The highest BCUT2D eigenvalue weighted by Gasteiger charge is 2.44. The number of fused-ring (bicyclic) bond motifs is 2. The highest BCUT2D eigenvalue weighted by Crippen LogP contribution is 2.37. The lowest BCUT2D eigenvalue weighted by atomic mass is 9.96. The molecule has 2 aliphatic heterocycles. The Kier molecular flexibility index (Phi) is 4.90. The Balaban J connectivity index is 1.66. The Morgan fingerprint density at radius 1 is 1.23 bits per heavy atom. The largest absolute Gasteiger partial charge is 0.444 e. The minimum absolute atomic E-state index is 0.0229. The molecule has 1 N–H and O–H groups in total. The van der Waals surface area contributed by atoms with Gasteiger partial charge in [-0.1, -0.05) is 6.07 Å². The first-order chi connectivity index (χ1) is 12.3. The molecule has 6 nitrogen and oxygen atoms in total. The third-order valence-corrected chi connectivity index (χ3v) is 4.93. The number of nitriles is 1. The van der Waals surface area contributed by atoms with E-state index in [0.717, 1.165) is 25.7 Å². The van der Waals surface area contributed by atoms with E-state index in [1.54, 1.807) is 24.3 Å². The van der Waals surface area contributed by atoms with E-state index in [1.807, 2.05) is 25.7 Å². The van der Waals surface area contributed by atoms with E-state index in [9.17, 15) is 9.59 Å². The van der Waals surface area contributed by atoms with Crippen LogP contribution >= 0.6 is 0 Å². The van der Waals surface area contributed by atoms with Crippen LogP contribution in [0.25, 0.3) is 0 Å². The number of rotatable bonds is 2. The first-order valence-corrected chi connectivity index (χ1v) is 9.09. The van der Waals surface area contributed by atoms with Gasteiger partial charge in [-0.2, -0.15) is 5.26 Å². The van der Waals surface area contributed by atoms with Crippen LogP contribution in [-0.2, 0) is 4.74 Å². The molecule has 26 heavy (non-hydrogen) atoms. The molecule has 6 heteroatoms. The molecule has 2 amide bonds. The number of nitrogens with zero attached hydrogens (tertiary/aromatic N) is 2. The van der Waals surface area contributed by atoms with Crippen LogP contribution in [0.4, 0.5) is 4.79 Å². The molecule has 2 bridgehead atoms. The van der Waals surface area contributed by atoms with Crippen molar-refractivity contribution in [1.82, 2.24) is 10.2 Å². The van der Waals surface area contributed by atoms with Crippen molar-refractivity contribution in [3.8, 4) is 6.07 Å². The molecule has 0 saturated carbocycles. The summed E-state index contributed by atoms with van der Waals surface area (Å²) >= 11 is 0. The number of amides is 2. The molecule has 0 unspecified atom stereocenters. The van der Waals surface area contributed by atoms with Crippen LogP contribution in [-0.4, -0.2) is 40.6 Å². The Morgan fingerprint density at radius 2 is 1.88 bits per heavy atom. The van der Waals surface area contributed by atoms with Crippen LogP contribution in [0.5, 0.6) is 0 Å². The number of benzene rings is 1. The zero-order valence-electron chi connectivity index (χ0n) is 15.5. The lowest BCUT2D eigenvalue weighted by Crippen LogP contribution is -2.53. The number of nitrogens with one attached hydrogen (secondary N) is 1. The summed E-state index contributed by atoms with van der Waals surface area (Å²) < 4.78 is 5.34. The zero-order valence-corrected chi connectivity index (χ0v) is 15.5. The third-order valence-electron chi connectivity index (χ3n) is 4.93. The fourth-order valence-electron chi connectivity index (χ4n) is 3.97. The second-order valence-corrected chi connectivity index (χ2v) is 8.10. The minimum Gasteiger partial charge on any atom is -0.444 e. The SMILES string of the molecule is CC(C)(C)OC(=O)N[C@H]1C[C@H]2CC[C@@H](C1)N2C(=O)c1cccc(C#N)c1. The number of hydrogen-bond acceptors (Lipinski definition) is 4. The molecular formula is C20H25N3O3.